The van der Waals surface area contributed by atoms with Crippen molar-refractivity contribution in [3.05, 3.63) is 193 Å². The molecule has 246 valence electrons. The molecule has 3 heterocycles. The maximum absolute atomic E-state index is 4.96. The van der Waals surface area contributed by atoms with Gasteiger partial charge in [0.15, 0.2) is 11.6 Å². The molecule has 0 N–H and O–H groups in total. The van der Waals surface area contributed by atoms with Crippen molar-refractivity contribution < 1.29 is 0 Å². The van der Waals surface area contributed by atoms with Crippen LogP contribution in [0.3, 0.4) is 0 Å². The topological polar surface area (TPSA) is 48.5 Å². The van der Waals surface area contributed by atoms with Gasteiger partial charge in [-0.2, -0.15) is 0 Å². The van der Waals surface area contributed by atoms with Crippen LogP contribution in [0.25, 0.3) is 71.9 Å². The Hall–Kier alpha value is -6.85. The van der Waals surface area contributed by atoms with Gasteiger partial charge < -0.3 is 9.13 Å². The lowest BCUT2D eigenvalue weighted by Gasteiger charge is -2.11. The van der Waals surface area contributed by atoms with Gasteiger partial charge in [-0.25, -0.2) is 15.0 Å². The van der Waals surface area contributed by atoms with Crippen LogP contribution >= 0.6 is 0 Å². The minimum atomic E-state index is 0.595. The van der Waals surface area contributed by atoms with E-state index in [4.69, 9.17) is 15.0 Å². The third-order valence-electron chi connectivity index (χ3n) is 10.0. The molecule has 3 aromatic heterocycles. The molecule has 52 heavy (non-hydrogen) atoms. The molecule has 5 nitrogen and oxygen atoms in total. The maximum atomic E-state index is 4.96. The Bertz CT molecular complexity index is 2830. The highest BCUT2D eigenvalue weighted by Gasteiger charge is 2.17. The Labute approximate surface area is 301 Å². The average Bonchev–Trinajstić information content (AvgIpc) is 3.55. The number of hydrogen-bond donors (Lipinski definition) is 0. The van der Waals surface area contributed by atoms with E-state index in [0.717, 1.165) is 40.3 Å². The van der Waals surface area contributed by atoms with Gasteiger partial charge in [-0.3, -0.25) is 0 Å². The number of allylic oxidation sites excluding steroid dienone is 6. The molecular formula is C47H33N5. The molecule has 0 atom stereocenters. The van der Waals surface area contributed by atoms with Gasteiger partial charge in [0, 0.05) is 50.5 Å². The summed E-state index contributed by atoms with van der Waals surface area (Å²) in [7, 11) is 0. The summed E-state index contributed by atoms with van der Waals surface area (Å²) in [6.07, 6.45) is 12.0. The molecule has 0 unspecified atom stereocenters. The van der Waals surface area contributed by atoms with Crippen molar-refractivity contribution in [2.75, 3.05) is 0 Å². The molecule has 5 heteroatoms. The predicted molar refractivity (Wildman–Crippen MR) is 214 cm³/mol. The molecule has 0 amide bonds. The molecule has 0 spiro atoms. The van der Waals surface area contributed by atoms with Gasteiger partial charge in [-0.1, -0.05) is 127 Å². The van der Waals surface area contributed by atoms with E-state index in [1.54, 1.807) is 0 Å². The second kappa shape index (κ2) is 12.5. The van der Waals surface area contributed by atoms with Crippen molar-refractivity contribution in [3.63, 3.8) is 0 Å². The molecule has 0 aliphatic heterocycles. The van der Waals surface area contributed by atoms with Crippen molar-refractivity contribution in [1.82, 2.24) is 24.1 Å². The normalized spacial score (nSPS) is 13.0. The van der Waals surface area contributed by atoms with Crippen molar-refractivity contribution in [2.45, 2.75) is 12.8 Å². The van der Waals surface area contributed by atoms with Crippen LogP contribution < -0.4 is 0 Å². The lowest BCUT2D eigenvalue weighted by atomic mass is 10.1. The first-order valence-corrected chi connectivity index (χ1v) is 17.7. The molecule has 0 saturated carbocycles. The second-order valence-corrected chi connectivity index (χ2v) is 13.2. The fourth-order valence-electron chi connectivity index (χ4n) is 7.60. The summed E-state index contributed by atoms with van der Waals surface area (Å²) in [5.41, 5.74) is 10.1. The molecule has 0 radical (unpaired) electrons. The largest absolute Gasteiger partial charge is 0.309 e. The Balaban J connectivity index is 1.04. The number of rotatable bonds is 6. The Morgan fingerprint density at radius 1 is 0.481 bits per heavy atom. The maximum Gasteiger partial charge on any atom is 0.163 e. The van der Waals surface area contributed by atoms with Crippen molar-refractivity contribution in [3.8, 4) is 22.8 Å². The zero-order chi connectivity index (χ0) is 34.4. The Morgan fingerprint density at radius 2 is 1.06 bits per heavy atom. The van der Waals surface area contributed by atoms with E-state index in [1.165, 1.54) is 43.6 Å². The highest BCUT2D eigenvalue weighted by atomic mass is 15.0. The molecule has 9 aromatic rings. The number of benzene rings is 6. The Morgan fingerprint density at radius 3 is 1.77 bits per heavy atom. The lowest BCUT2D eigenvalue weighted by molar-refractivity contribution is 0.910. The van der Waals surface area contributed by atoms with E-state index in [2.05, 4.69) is 155 Å². The third kappa shape index (κ3) is 5.14. The number of fused-ring (bicyclic) bond motifs is 6. The number of para-hydroxylation sites is 3. The Kier molecular flexibility index (Phi) is 7.21. The fraction of sp³-hybridized carbons (Fsp3) is 0.0426. The smallest absolute Gasteiger partial charge is 0.163 e. The lowest BCUT2D eigenvalue weighted by Crippen LogP contribution is -2.06. The van der Waals surface area contributed by atoms with Crippen LogP contribution in [0.15, 0.2) is 176 Å². The minimum Gasteiger partial charge on any atom is -0.309 e. The first-order chi connectivity index (χ1) is 25.8. The van der Waals surface area contributed by atoms with Gasteiger partial charge >= 0.3 is 0 Å². The van der Waals surface area contributed by atoms with E-state index in [-0.39, 0.29) is 0 Å². The summed E-state index contributed by atoms with van der Waals surface area (Å²) in [6, 6.07) is 51.9. The molecule has 6 aromatic carbocycles. The van der Waals surface area contributed by atoms with Gasteiger partial charge in [0.25, 0.3) is 0 Å². The van der Waals surface area contributed by atoms with Crippen LogP contribution in [-0.4, -0.2) is 24.1 Å². The first-order valence-electron chi connectivity index (χ1n) is 17.7. The SMILES string of the molecule is C1=CCC=CC(c2nc(Cc3ccc(-n4c5ccccc5c5cc(-n6c7ccccc7c7ccccc76)ccc54)cc3)nc(-c3ccccc3)n2)=C1. The predicted octanol–water partition coefficient (Wildman–Crippen LogP) is 11.2. The van der Waals surface area contributed by atoms with Gasteiger partial charge in [-0.15, -0.1) is 0 Å². The first kappa shape index (κ1) is 30.0. The van der Waals surface area contributed by atoms with Gasteiger partial charge in [0.2, 0.25) is 0 Å². The number of hydrogen-bond acceptors (Lipinski definition) is 3. The van der Waals surface area contributed by atoms with Crippen molar-refractivity contribution >= 4 is 49.2 Å². The summed E-state index contributed by atoms with van der Waals surface area (Å²) in [5.74, 6) is 2.12. The molecule has 0 saturated heterocycles. The number of aromatic nitrogens is 5. The molecule has 1 aliphatic rings. The van der Waals surface area contributed by atoms with Crippen LogP contribution in [0.5, 0.6) is 0 Å². The third-order valence-corrected chi connectivity index (χ3v) is 10.0. The summed E-state index contributed by atoms with van der Waals surface area (Å²) in [6.45, 7) is 0. The van der Waals surface area contributed by atoms with E-state index in [9.17, 15) is 0 Å². The van der Waals surface area contributed by atoms with E-state index in [1.807, 2.05) is 30.3 Å². The zero-order valence-corrected chi connectivity index (χ0v) is 28.4. The van der Waals surface area contributed by atoms with E-state index in [0.29, 0.717) is 18.1 Å². The standard InChI is InChI=1S/C47H33N5/c1-2-5-15-33(14-4-1)46-48-45(49-47(50-46)34-16-6-3-7-17-34)30-32-24-26-35(27-25-32)51-43-23-13-10-20-39(43)40-31-36(28-29-44(40)51)52-41-21-11-8-18-37(41)38-19-9-12-22-42(38)52/h1,3-29,31H,2,30H2. The molecule has 10 rings (SSSR count). The molecular weight excluding hydrogens is 635 g/mol. The van der Waals surface area contributed by atoms with Crippen LogP contribution in [0, 0.1) is 0 Å². The summed E-state index contributed by atoms with van der Waals surface area (Å²) >= 11 is 0. The van der Waals surface area contributed by atoms with Gasteiger partial charge in [-0.05, 0) is 60.5 Å². The fourth-order valence-corrected chi connectivity index (χ4v) is 7.60. The van der Waals surface area contributed by atoms with E-state index < -0.39 is 0 Å². The molecule has 0 bridgehead atoms. The summed E-state index contributed by atoms with van der Waals surface area (Å²) < 4.78 is 4.76. The zero-order valence-electron chi connectivity index (χ0n) is 28.4. The van der Waals surface area contributed by atoms with Crippen LogP contribution in [0.1, 0.15) is 23.6 Å². The van der Waals surface area contributed by atoms with Gasteiger partial charge in [0.1, 0.15) is 5.82 Å². The number of nitrogens with zero attached hydrogens (tertiary/aromatic N) is 5. The highest BCUT2D eigenvalue weighted by Crippen LogP contribution is 2.37. The minimum absolute atomic E-state index is 0.595. The van der Waals surface area contributed by atoms with Crippen molar-refractivity contribution in [2.24, 2.45) is 0 Å². The molecule has 0 fully saturated rings. The molecule has 1 aliphatic carbocycles. The monoisotopic (exact) mass is 667 g/mol. The van der Waals surface area contributed by atoms with Crippen LogP contribution in [0.2, 0.25) is 0 Å². The summed E-state index contributed by atoms with van der Waals surface area (Å²) in [5, 5.41) is 4.98. The van der Waals surface area contributed by atoms with Crippen LogP contribution in [-0.2, 0) is 6.42 Å². The average molecular weight is 668 g/mol. The van der Waals surface area contributed by atoms with Crippen molar-refractivity contribution in [1.29, 1.82) is 0 Å². The highest BCUT2D eigenvalue weighted by molar-refractivity contribution is 6.12. The van der Waals surface area contributed by atoms with Gasteiger partial charge in [0.05, 0.1) is 22.1 Å². The summed E-state index contributed by atoms with van der Waals surface area (Å²) in [4.78, 5) is 14.8. The van der Waals surface area contributed by atoms with E-state index >= 15 is 0 Å². The second-order valence-electron chi connectivity index (χ2n) is 13.2. The van der Waals surface area contributed by atoms with Crippen LogP contribution in [0.4, 0.5) is 0 Å². The quantitative estimate of drug-likeness (QED) is 0.177.